The lowest BCUT2D eigenvalue weighted by Crippen LogP contribution is -2.41. The summed E-state index contributed by atoms with van der Waals surface area (Å²) in [5.74, 6) is 0.851. The summed E-state index contributed by atoms with van der Waals surface area (Å²) >= 11 is 0. The number of hydrogen-bond donors (Lipinski definition) is 2. The maximum Gasteiger partial charge on any atom is 0.191 e. The molecule has 0 rings (SSSR count). The molecule has 0 atom stereocenters. The average Bonchev–Trinajstić information content (AvgIpc) is 2.50. The summed E-state index contributed by atoms with van der Waals surface area (Å²) in [6.07, 6.45) is 3.33. The highest BCUT2D eigenvalue weighted by molar-refractivity contribution is 14.0. The fraction of sp³-hybridized carbons (Fsp3) is 0.933. The van der Waals surface area contributed by atoms with Crippen LogP contribution in [0, 0.1) is 0 Å². The Balaban J connectivity index is 0. The van der Waals surface area contributed by atoms with E-state index < -0.39 is 0 Å². The van der Waals surface area contributed by atoms with Crippen LogP contribution in [0.3, 0.4) is 0 Å². The molecule has 0 bridgehead atoms. The highest BCUT2D eigenvalue weighted by atomic mass is 127. The standard InChI is InChI=1S/C15H34N4O2.HI/c1-5-6-12-21-13-7-8-17-15(16-2)18-9-10-19(3)11-14-20-4;/h5-14H2,1-4H3,(H2,16,17,18);1H. The number of hydrogen-bond acceptors (Lipinski definition) is 4. The maximum absolute atomic E-state index is 5.52. The Bertz CT molecular complexity index is 256. The molecule has 6 nitrogen and oxygen atoms in total. The lowest BCUT2D eigenvalue weighted by atomic mass is 10.4. The molecule has 0 radical (unpaired) electrons. The topological polar surface area (TPSA) is 58.1 Å². The molecule has 0 saturated carbocycles. The molecule has 2 N–H and O–H groups in total. The summed E-state index contributed by atoms with van der Waals surface area (Å²) in [5.41, 5.74) is 0. The number of methoxy groups -OCH3 is 1. The van der Waals surface area contributed by atoms with Gasteiger partial charge < -0.3 is 25.0 Å². The van der Waals surface area contributed by atoms with Crippen LogP contribution in [0.25, 0.3) is 0 Å². The van der Waals surface area contributed by atoms with Crippen LogP contribution in [0.15, 0.2) is 4.99 Å². The number of rotatable bonds is 13. The van der Waals surface area contributed by atoms with Crippen LogP contribution >= 0.6 is 24.0 Å². The van der Waals surface area contributed by atoms with Crippen molar-refractivity contribution in [2.45, 2.75) is 26.2 Å². The SMILES string of the molecule is CCCCOCCCNC(=NC)NCCN(C)CCOC.I. The molecular formula is C15H35IN4O2. The summed E-state index contributed by atoms with van der Waals surface area (Å²) in [7, 11) is 5.61. The minimum Gasteiger partial charge on any atom is -0.383 e. The lowest BCUT2D eigenvalue weighted by Gasteiger charge is -2.17. The molecule has 0 aliphatic heterocycles. The number of aliphatic imine (C=N–C) groups is 1. The van der Waals surface area contributed by atoms with Gasteiger partial charge in [0.25, 0.3) is 0 Å². The fourth-order valence-electron chi connectivity index (χ4n) is 1.67. The summed E-state index contributed by atoms with van der Waals surface area (Å²) in [5, 5.41) is 6.60. The van der Waals surface area contributed by atoms with E-state index in [1.165, 1.54) is 6.42 Å². The summed E-state index contributed by atoms with van der Waals surface area (Å²) in [6.45, 7) is 8.28. The first-order valence-electron chi connectivity index (χ1n) is 7.94. The van der Waals surface area contributed by atoms with Crippen molar-refractivity contribution >= 4 is 29.9 Å². The molecule has 0 aromatic heterocycles. The number of guanidine groups is 1. The van der Waals surface area contributed by atoms with Crippen LogP contribution in [0.1, 0.15) is 26.2 Å². The molecule has 7 heteroatoms. The van der Waals surface area contributed by atoms with E-state index in [0.717, 1.165) is 64.8 Å². The third kappa shape index (κ3) is 16.3. The van der Waals surface area contributed by atoms with Gasteiger partial charge in [-0.25, -0.2) is 0 Å². The highest BCUT2D eigenvalue weighted by Gasteiger charge is 2.00. The van der Waals surface area contributed by atoms with Gasteiger partial charge in [0, 0.05) is 53.6 Å². The van der Waals surface area contributed by atoms with Gasteiger partial charge in [-0.15, -0.1) is 24.0 Å². The molecule has 0 amide bonds. The van der Waals surface area contributed by atoms with Gasteiger partial charge in [0.2, 0.25) is 0 Å². The molecule has 134 valence electrons. The highest BCUT2D eigenvalue weighted by Crippen LogP contribution is 1.89. The van der Waals surface area contributed by atoms with Crippen LogP contribution in [-0.4, -0.2) is 78.1 Å². The summed E-state index contributed by atoms with van der Waals surface area (Å²) < 4.78 is 10.6. The van der Waals surface area contributed by atoms with Crippen molar-refractivity contribution in [3.05, 3.63) is 0 Å². The third-order valence-electron chi connectivity index (χ3n) is 3.09. The average molecular weight is 430 g/mol. The van der Waals surface area contributed by atoms with Crippen LogP contribution in [0.5, 0.6) is 0 Å². The van der Waals surface area contributed by atoms with E-state index in [2.05, 4.69) is 34.5 Å². The maximum atomic E-state index is 5.52. The second-order valence-corrected chi connectivity index (χ2v) is 5.04. The quantitative estimate of drug-likeness (QED) is 0.201. The zero-order valence-corrected chi connectivity index (χ0v) is 17.0. The van der Waals surface area contributed by atoms with E-state index in [1.54, 1.807) is 14.2 Å². The van der Waals surface area contributed by atoms with Gasteiger partial charge >= 0.3 is 0 Å². The summed E-state index contributed by atoms with van der Waals surface area (Å²) in [6, 6.07) is 0. The number of ether oxygens (including phenoxy) is 2. The van der Waals surface area contributed by atoms with Crippen molar-refractivity contribution in [2.24, 2.45) is 4.99 Å². The zero-order valence-electron chi connectivity index (χ0n) is 14.7. The van der Waals surface area contributed by atoms with E-state index >= 15 is 0 Å². The molecule has 22 heavy (non-hydrogen) atoms. The number of halogens is 1. The van der Waals surface area contributed by atoms with Crippen molar-refractivity contribution in [1.82, 2.24) is 15.5 Å². The first kappa shape index (κ1) is 24.1. The molecular weight excluding hydrogens is 395 g/mol. The van der Waals surface area contributed by atoms with E-state index in [9.17, 15) is 0 Å². The number of likely N-dealkylation sites (N-methyl/N-ethyl adjacent to an activating group) is 1. The molecule has 0 unspecified atom stereocenters. The normalized spacial score (nSPS) is 11.4. The van der Waals surface area contributed by atoms with E-state index in [4.69, 9.17) is 9.47 Å². The molecule has 0 spiro atoms. The van der Waals surface area contributed by atoms with Crippen LogP contribution in [0.4, 0.5) is 0 Å². The molecule has 0 aromatic rings. The second-order valence-electron chi connectivity index (χ2n) is 5.04. The Hall–Kier alpha value is -0.120. The predicted octanol–water partition coefficient (Wildman–Crippen LogP) is 1.55. The van der Waals surface area contributed by atoms with Crippen molar-refractivity contribution in [3.63, 3.8) is 0 Å². The van der Waals surface area contributed by atoms with Crippen LogP contribution in [0.2, 0.25) is 0 Å². The number of nitrogens with zero attached hydrogens (tertiary/aromatic N) is 2. The summed E-state index contributed by atoms with van der Waals surface area (Å²) in [4.78, 5) is 6.43. The first-order chi connectivity index (χ1) is 10.2. The van der Waals surface area contributed by atoms with E-state index in [0.29, 0.717) is 0 Å². The van der Waals surface area contributed by atoms with Crippen molar-refractivity contribution in [1.29, 1.82) is 0 Å². The van der Waals surface area contributed by atoms with E-state index in [1.807, 2.05) is 0 Å². The second kappa shape index (κ2) is 18.9. The Morgan fingerprint density at radius 2 is 1.73 bits per heavy atom. The number of unbranched alkanes of at least 4 members (excludes halogenated alkanes) is 1. The van der Waals surface area contributed by atoms with Crippen LogP contribution < -0.4 is 10.6 Å². The molecule has 0 aromatic carbocycles. The Morgan fingerprint density at radius 1 is 1.05 bits per heavy atom. The predicted molar refractivity (Wildman–Crippen MR) is 104 cm³/mol. The third-order valence-corrected chi connectivity index (χ3v) is 3.09. The van der Waals surface area contributed by atoms with Gasteiger partial charge in [0.05, 0.1) is 6.61 Å². The van der Waals surface area contributed by atoms with Crippen LogP contribution in [-0.2, 0) is 9.47 Å². The zero-order chi connectivity index (χ0) is 15.8. The first-order valence-corrected chi connectivity index (χ1v) is 7.94. The lowest BCUT2D eigenvalue weighted by molar-refractivity contribution is 0.129. The molecule has 0 saturated heterocycles. The smallest absolute Gasteiger partial charge is 0.191 e. The van der Waals surface area contributed by atoms with Gasteiger partial charge in [-0.2, -0.15) is 0 Å². The Kier molecular flexibility index (Phi) is 20.8. The number of nitrogens with one attached hydrogen (secondary N) is 2. The Labute approximate surface area is 153 Å². The monoisotopic (exact) mass is 430 g/mol. The fourth-order valence-corrected chi connectivity index (χ4v) is 1.67. The molecule has 0 heterocycles. The minimum absolute atomic E-state index is 0. The Morgan fingerprint density at radius 3 is 2.36 bits per heavy atom. The van der Waals surface area contributed by atoms with Gasteiger partial charge in [0.1, 0.15) is 0 Å². The van der Waals surface area contributed by atoms with Crippen molar-refractivity contribution in [3.8, 4) is 0 Å². The molecule has 0 aliphatic carbocycles. The van der Waals surface area contributed by atoms with Gasteiger partial charge in [-0.1, -0.05) is 13.3 Å². The van der Waals surface area contributed by atoms with Gasteiger partial charge in [-0.05, 0) is 19.9 Å². The molecule has 0 fully saturated rings. The largest absolute Gasteiger partial charge is 0.383 e. The van der Waals surface area contributed by atoms with Crippen molar-refractivity contribution < 1.29 is 9.47 Å². The minimum atomic E-state index is 0. The van der Waals surface area contributed by atoms with Gasteiger partial charge in [-0.3, -0.25) is 4.99 Å². The van der Waals surface area contributed by atoms with Crippen molar-refractivity contribution in [2.75, 3.05) is 67.2 Å². The van der Waals surface area contributed by atoms with E-state index in [-0.39, 0.29) is 24.0 Å². The molecule has 0 aliphatic rings. The van der Waals surface area contributed by atoms with Gasteiger partial charge in [0.15, 0.2) is 5.96 Å².